The molecule has 2 aromatic heterocycles. The SMILES string of the molecule is c1ccc2c(c1)-c1cc(-c3cccc4c3sc3ccccc34)ccc1-c1ccc3nccnc3c1-c1ccccc1-2. The molecule has 8 aromatic rings. The predicted octanol–water partition coefficient (Wildman–Crippen LogP) is 10.6. The Bertz CT molecular complexity index is 2330. The van der Waals surface area contributed by atoms with Crippen molar-refractivity contribution in [2.45, 2.75) is 0 Å². The van der Waals surface area contributed by atoms with Gasteiger partial charge >= 0.3 is 0 Å². The number of hydrogen-bond acceptors (Lipinski definition) is 3. The van der Waals surface area contributed by atoms with Crippen LogP contribution in [-0.4, -0.2) is 9.97 Å². The molecule has 0 N–H and O–H groups in total. The van der Waals surface area contributed by atoms with Crippen molar-refractivity contribution in [2.24, 2.45) is 0 Å². The van der Waals surface area contributed by atoms with Crippen LogP contribution in [0.3, 0.4) is 0 Å². The fraction of sp³-hybridized carbons (Fsp3) is 0. The molecule has 2 heterocycles. The summed E-state index contributed by atoms with van der Waals surface area (Å²) in [7, 11) is 0. The van der Waals surface area contributed by atoms with Gasteiger partial charge < -0.3 is 0 Å². The molecule has 0 aliphatic heterocycles. The summed E-state index contributed by atoms with van der Waals surface area (Å²) in [5, 5.41) is 2.64. The fourth-order valence-corrected chi connectivity index (χ4v) is 7.80. The van der Waals surface area contributed by atoms with E-state index in [9.17, 15) is 0 Å². The predicted molar refractivity (Wildman–Crippen MR) is 173 cm³/mol. The highest BCUT2D eigenvalue weighted by Gasteiger charge is 2.24. The van der Waals surface area contributed by atoms with Gasteiger partial charge in [-0.3, -0.25) is 9.97 Å². The van der Waals surface area contributed by atoms with E-state index in [0.29, 0.717) is 0 Å². The monoisotopic (exact) mass is 538 g/mol. The first-order valence-electron chi connectivity index (χ1n) is 13.8. The molecule has 0 radical (unpaired) electrons. The van der Waals surface area contributed by atoms with Crippen LogP contribution >= 0.6 is 11.3 Å². The van der Waals surface area contributed by atoms with Crippen LogP contribution in [0.4, 0.5) is 0 Å². The van der Waals surface area contributed by atoms with E-state index in [1.54, 1.807) is 12.4 Å². The first kappa shape index (κ1) is 22.7. The van der Waals surface area contributed by atoms with Gasteiger partial charge in [0.1, 0.15) is 0 Å². The minimum absolute atomic E-state index is 0.907. The summed E-state index contributed by atoms with van der Waals surface area (Å²) >= 11 is 1.88. The molecule has 0 bridgehead atoms. The average molecular weight is 539 g/mol. The molecule has 0 saturated carbocycles. The van der Waals surface area contributed by atoms with Gasteiger partial charge in [0.15, 0.2) is 0 Å². The van der Waals surface area contributed by atoms with Crippen molar-refractivity contribution in [3.8, 4) is 55.6 Å². The largest absolute Gasteiger partial charge is 0.253 e. The van der Waals surface area contributed by atoms with Gasteiger partial charge in [-0.15, -0.1) is 11.3 Å². The Labute approximate surface area is 241 Å². The van der Waals surface area contributed by atoms with Crippen molar-refractivity contribution < 1.29 is 0 Å². The normalized spacial score (nSPS) is 11.9. The Balaban J connectivity index is 1.39. The summed E-state index contributed by atoms with van der Waals surface area (Å²) in [4.78, 5) is 9.51. The van der Waals surface area contributed by atoms with Crippen LogP contribution in [-0.2, 0) is 0 Å². The van der Waals surface area contributed by atoms with Crippen LogP contribution < -0.4 is 0 Å². The van der Waals surface area contributed by atoms with Crippen LogP contribution in [0.5, 0.6) is 0 Å². The molecule has 1 aliphatic rings. The van der Waals surface area contributed by atoms with Gasteiger partial charge in [0.25, 0.3) is 0 Å². The Morgan fingerprint density at radius 3 is 1.95 bits per heavy atom. The van der Waals surface area contributed by atoms with Crippen LogP contribution in [0.15, 0.2) is 134 Å². The van der Waals surface area contributed by atoms with Crippen molar-refractivity contribution in [3.63, 3.8) is 0 Å². The minimum atomic E-state index is 0.907. The van der Waals surface area contributed by atoms with Crippen LogP contribution in [0.2, 0.25) is 0 Å². The Kier molecular flexibility index (Phi) is 4.80. The lowest BCUT2D eigenvalue weighted by atomic mass is 9.79. The molecule has 0 saturated heterocycles. The summed E-state index contributed by atoms with van der Waals surface area (Å²) in [6.07, 6.45) is 3.57. The number of benzene rings is 6. The van der Waals surface area contributed by atoms with E-state index in [4.69, 9.17) is 4.98 Å². The Morgan fingerprint density at radius 2 is 1.07 bits per heavy atom. The van der Waals surface area contributed by atoms with Crippen molar-refractivity contribution in [1.82, 2.24) is 9.97 Å². The second-order valence-electron chi connectivity index (χ2n) is 10.5. The first-order valence-corrected chi connectivity index (χ1v) is 14.6. The van der Waals surface area contributed by atoms with Gasteiger partial charge in [0, 0.05) is 38.1 Å². The lowest BCUT2D eigenvalue weighted by molar-refractivity contribution is 1.29. The zero-order valence-electron chi connectivity index (χ0n) is 22.0. The van der Waals surface area contributed by atoms with Crippen LogP contribution in [0.1, 0.15) is 0 Å². The van der Waals surface area contributed by atoms with Gasteiger partial charge in [-0.2, -0.15) is 0 Å². The number of aromatic nitrogens is 2. The van der Waals surface area contributed by atoms with E-state index in [0.717, 1.165) is 16.6 Å². The van der Waals surface area contributed by atoms with Gasteiger partial charge in [-0.05, 0) is 68.3 Å². The summed E-state index contributed by atoms with van der Waals surface area (Å²) < 4.78 is 2.66. The number of rotatable bonds is 1. The van der Waals surface area contributed by atoms with E-state index < -0.39 is 0 Å². The molecule has 2 nitrogen and oxygen atoms in total. The molecule has 0 unspecified atom stereocenters. The standard InChI is InChI=1S/C38H22N2S/c1-2-10-27-25(8-1)26-9-3-4-12-30(26)36-31(18-19-34-37(36)40-21-20-39-34)28-17-16-23(22-33(27)28)24-13-7-14-32-29-11-5-6-15-35(29)41-38(24)32/h1-22H. The van der Waals surface area contributed by atoms with E-state index >= 15 is 0 Å². The Morgan fingerprint density at radius 1 is 0.439 bits per heavy atom. The lowest BCUT2D eigenvalue weighted by Gasteiger charge is -2.24. The van der Waals surface area contributed by atoms with Crippen LogP contribution in [0, 0.1) is 0 Å². The Hall–Kier alpha value is -5.12. The summed E-state index contributed by atoms with van der Waals surface area (Å²) in [5.74, 6) is 0. The number of nitrogens with zero attached hydrogens (tertiary/aromatic N) is 2. The second kappa shape index (κ2) is 8.69. The molecular formula is C38H22N2S. The molecule has 0 amide bonds. The summed E-state index contributed by atoms with van der Waals surface area (Å²) in [5.41, 5.74) is 14.0. The van der Waals surface area contributed by atoms with Crippen molar-refractivity contribution >= 4 is 42.5 Å². The summed E-state index contributed by atoms with van der Waals surface area (Å²) in [6, 6.07) is 44.3. The molecule has 190 valence electrons. The maximum Gasteiger partial charge on any atom is 0.0971 e. The molecule has 9 rings (SSSR count). The highest BCUT2D eigenvalue weighted by atomic mass is 32.1. The average Bonchev–Trinajstić information content (AvgIpc) is 3.42. The molecule has 41 heavy (non-hydrogen) atoms. The lowest BCUT2D eigenvalue weighted by Crippen LogP contribution is -1.99. The van der Waals surface area contributed by atoms with Crippen LogP contribution in [0.25, 0.3) is 86.8 Å². The third-order valence-corrected chi connectivity index (χ3v) is 9.59. The second-order valence-corrected chi connectivity index (χ2v) is 11.6. The zero-order valence-corrected chi connectivity index (χ0v) is 22.8. The molecule has 0 fully saturated rings. The first-order chi connectivity index (χ1) is 20.3. The smallest absolute Gasteiger partial charge is 0.0971 e. The molecule has 0 atom stereocenters. The van der Waals surface area contributed by atoms with Crippen molar-refractivity contribution in [3.05, 3.63) is 134 Å². The number of hydrogen-bond donors (Lipinski definition) is 0. The van der Waals surface area contributed by atoms with Crippen molar-refractivity contribution in [1.29, 1.82) is 0 Å². The van der Waals surface area contributed by atoms with Gasteiger partial charge in [0.2, 0.25) is 0 Å². The maximum atomic E-state index is 4.85. The number of thiophene rings is 1. The van der Waals surface area contributed by atoms with Crippen molar-refractivity contribution in [2.75, 3.05) is 0 Å². The molecule has 1 aliphatic carbocycles. The summed E-state index contributed by atoms with van der Waals surface area (Å²) in [6.45, 7) is 0. The van der Waals surface area contributed by atoms with Gasteiger partial charge in [-0.25, -0.2) is 0 Å². The molecule has 6 aromatic carbocycles. The molecular weight excluding hydrogens is 516 g/mol. The van der Waals surface area contributed by atoms with E-state index in [2.05, 4.69) is 126 Å². The quantitative estimate of drug-likeness (QED) is 0.208. The highest BCUT2D eigenvalue weighted by Crippen LogP contribution is 2.50. The van der Waals surface area contributed by atoms with Gasteiger partial charge in [0.05, 0.1) is 11.0 Å². The van der Waals surface area contributed by atoms with E-state index in [1.165, 1.54) is 70.2 Å². The van der Waals surface area contributed by atoms with E-state index in [1.807, 2.05) is 11.3 Å². The molecule has 3 heteroatoms. The zero-order chi connectivity index (χ0) is 26.9. The topological polar surface area (TPSA) is 25.8 Å². The fourth-order valence-electron chi connectivity index (χ4n) is 6.57. The molecule has 0 spiro atoms. The maximum absolute atomic E-state index is 4.85. The third kappa shape index (κ3) is 3.30. The number of fused-ring (bicyclic) bond motifs is 13. The minimum Gasteiger partial charge on any atom is -0.253 e. The van der Waals surface area contributed by atoms with Gasteiger partial charge in [-0.1, -0.05) is 103 Å². The van der Waals surface area contributed by atoms with E-state index in [-0.39, 0.29) is 0 Å². The highest BCUT2D eigenvalue weighted by molar-refractivity contribution is 7.26. The third-order valence-electron chi connectivity index (χ3n) is 8.37.